The fourth-order valence-electron chi connectivity index (χ4n) is 1.14. The molecule has 0 atom stereocenters. The number of Topliss-reactive ketones (excluding diaryl/α,β-unsaturated/α-hetero) is 1. The Hall–Kier alpha value is -2.10. The Morgan fingerprint density at radius 2 is 1.69 bits per heavy atom. The van der Waals surface area contributed by atoms with Crippen LogP contribution in [0.4, 0.5) is 0 Å². The van der Waals surface area contributed by atoms with Crippen molar-refractivity contribution in [3.05, 3.63) is 36.4 Å². The van der Waals surface area contributed by atoms with Gasteiger partial charge in [0, 0.05) is 12.5 Å². The van der Waals surface area contributed by atoms with Crippen LogP contribution in [0.5, 0.6) is 11.5 Å². The predicted octanol–water partition coefficient (Wildman–Crippen LogP) is 1.57. The Morgan fingerprint density at radius 1 is 1.06 bits per heavy atom. The number of allylic oxidation sites excluding steroid dienone is 2. The number of aromatic hydroxyl groups is 2. The predicted molar refractivity (Wildman–Crippen MR) is 58.2 cm³/mol. The highest BCUT2D eigenvalue weighted by Gasteiger charge is 2.08. The van der Waals surface area contributed by atoms with Gasteiger partial charge in [-0.1, -0.05) is 12.1 Å². The molecule has 1 aliphatic carbocycles. The van der Waals surface area contributed by atoms with E-state index in [2.05, 4.69) is 0 Å². The molecular weight excluding hydrogens is 208 g/mol. The maximum Gasteiger partial charge on any atom is 0.162 e. The smallest absolute Gasteiger partial charge is 0.162 e. The van der Waals surface area contributed by atoms with Crippen molar-refractivity contribution in [3.8, 4) is 11.5 Å². The number of hydrogen-bond acceptors (Lipinski definition) is 4. The summed E-state index contributed by atoms with van der Waals surface area (Å²) in [6.07, 6.45) is 3.61. The van der Waals surface area contributed by atoms with Crippen LogP contribution in [0, 0.1) is 0 Å². The van der Waals surface area contributed by atoms with Crippen molar-refractivity contribution in [3.63, 3.8) is 0 Å². The lowest BCUT2D eigenvalue weighted by atomic mass is 10.1. The van der Waals surface area contributed by atoms with Gasteiger partial charge in [-0.2, -0.15) is 0 Å². The third kappa shape index (κ3) is 4.41. The van der Waals surface area contributed by atoms with Gasteiger partial charge in [0.25, 0.3) is 0 Å². The number of hydrogen-bond donors (Lipinski definition) is 2. The van der Waals surface area contributed by atoms with Crippen molar-refractivity contribution in [2.45, 2.75) is 12.8 Å². The molecule has 4 nitrogen and oxygen atoms in total. The molecule has 1 aromatic carbocycles. The van der Waals surface area contributed by atoms with Gasteiger partial charge in [-0.3, -0.25) is 9.59 Å². The maximum atomic E-state index is 10.4. The van der Waals surface area contributed by atoms with E-state index in [1.807, 2.05) is 0 Å². The zero-order chi connectivity index (χ0) is 12.0. The van der Waals surface area contributed by atoms with Gasteiger partial charge in [0.15, 0.2) is 5.78 Å². The van der Waals surface area contributed by atoms with Gasteiger partial charge in [-0.05, 0) is 18.2 Å². The summed E-state index contributed by atoms with van der Waals surface area (Å²) in [6, 6.07) is 5.85. The standard InChI is InChI=1S/2C6H6O2/c2*7-5-2-1-3-6(8)4-5/h1-2H,3-4H2;1-4,7-8H. The summed E-state index contributed by atoms with van der Waals surface area (Å²) in [4.78, 5) is 20.8. The first kappa shape index (κ1) is 12.0. The Morgan fingerprint density at radius 3 is 2.00 bits per heavy atom. The first-order valence-corrected chi connectivity index (χ1v) is 4.77. The highest BCUT2D eigenvalue weighted by molar-refractivity contribution is 6.07. The minimum Gasteiger partial charge on any atom is -0.508 e. The molecule has 0 unspecified atom stereocenters. The molecular formula is C12H12O4. The number of carbonyl (C=O) groups is 2. The number of ketones is 2. The Kier molecular flexibility index (Phi) is 4.27. The van der Waals surface area contributed by atoms with Crippen LogP contribution in [0.15, 0.2) is 36.4 Å². The molecule has 0 aromatic heterocycles. The zero-order valence-corrected chi connectivity index (χ0v) is 8.59. The van der Waals surface area contributed by atoms with E-state index in [9.17, 15) is 9.59 Å². The average Bonchev–Trinajstić information content (AvgIpc) is 2.17. The number of phenols is 2. The maximum absolute atomic E-state index is 10.4. The molecule has 0 aliphatic heterocycles. The van der Waals surface area contributed by atoms with Gasteiger partial charge < -0.3 is 10.2 Å². The lowest BCUT2D eigenvalue weighted by molar-refractivity contribution is -0.124. The van der Waals surface area contributed by atoms with Crippen molar-refractivity contribution in [1.82, 2.24) is 0 Å². The number of phenolic OH excluding ortho intramolecular Hbond substituents is 2. The molecule has 1 aromatic rings. The summed E-state index contributed by atoms with van der Waals surface area (Å²) in [6.45, 7) is 0. The average molecular weight is 220 g/mol. The van der Waals surface area contributed by atoms with Gasteiger partial charge in [0.05, 0.1) is 6.42 Å². The summed E-state index contributed by atoms with van der Waals surface area (Å²) in [5, 5.41) is 17.3. The Bertz CT molecular complexity index is 404. The van der Waals surface area contributed by atoms with Crippen LogP contribution in [-0.2, 0) is 9.59 Å². The largest absolute Gasteiger partial charge is 0.508 e. The Balaban J connectivity index is 0.000000160. The molecule has 16 heavy (non-hydrogen) atoms. The van der Waals surface area contributed by atoms with E-state index in [1.54, 1.807) is 12.1 Å². The quantitative estimate of drug-likeness (QED) is 0.651. The van der Waals surface area contributed by atoms with Crippen molar-refractivity contribution in [1.29, 1.82) is 0 Å². The molecule has 2 rings (SSSR count). The molecule has 0 bridgehead atoms. The molecule has 0 saturated carbocycles. The highest BCUT2D eigenvalue weighted by Crippen LogP contribution is 2.14. The highest BCUT2D eigenvalue weighted by atomic mass is 16.3. The van der Waals surface area contributed by atoms with E-state index in [1.165, 1.54) is 24.3 Å². The summed E-state index contributed by atoms with van der Waals surface area (Å²) in [5.74, 6) is 0.133. The van der Waals surface area contributed by atoms with Crippen molar-refractivity contribution in [2.75, 3.05) is 0 Å². The normalized spacial score (nSPS) is 14.2. The second-order valence-electron chi connectivity index (χ2n) is 3.31. The van der Waals surface area contributed by atoms with Gasteiger partial charge >= 0.3 is 0 Å². The minimum atomic E-state index is -0.0683. The second-order valence-corrected chi connectivity index (χ2v) is 3.31. The lowest BCUT2D eigenvalue weighted by Crippen LogP contribution is -2.08. The molecule has 4 heteroatoms. The SMILES string of the molecule is O=C1C=CCC(=O)C1.Oc1cccc(O)c1. The number of carbonyl (C=O) groups excluding carboxylic acids is 2. The fourth-order valence-corrected chi connectivity index (χ4v) is 1.14. The van der Waals surface area contributed by atoms with Gasteiger partial charge in [0.1, 0.15) is 17.3 Å². The van der Waals surface area contributed by atoms with Crippen LogP contribution in [0.1, 0.15) is 12.8 Å². The molecule has 1 aliphatic rings. The van der Waals surface area contributed by atoms with Crippen molar-refractivity contribution < 1.29 is 19.8 Å². The molecule has 0 heterocycles. The van der Waals surface area contributed by atoms with Crippen LogP contribution in [0.25, 0.3) is 0 Å². The van der Waals surface area contributed by atoms with Gasteiger partial charge in [-0.15, -0.1) is 0 Å². The van der Waals surface area contributed by atoms with Crippen LogP contribution < -0.4 is 0 Å². The van der Waals surface area contributed by atoms with E-state index in [0.29, 0.717) is 6.42 Å². The lowest BCUT2D eigenvalue weighted by Gasteiger charge is -1.97. The molecule has 0 amide bonds. The number of benzene rings is 1. The first-order chi connectivity index (χ1) is 7.58. The third-order valence-corrected chi connectivity index (χ3v) is 1.85. The van der Waals surface area contributed by atoms with Crippen LogP contribution in [0.3, 0.4) is 0 Å². The van der Waals surface area contributed by atoms with E-state index in [4.69, 9.17) is 10.2 Å². The monoisotopic (exact) mass is 220 g/mol. The number of rotatable bonds is 0. The van der Waals surface area contributed by atoms with Crippen molar-refractivity contribution >= 4 is 11.6 Å². The van der Waals surface area contributed by atoms with Crippen LogP contribution in [0.2, 0.25) is 0 Å². The van der Waals surface area contributed by atoms with E-state index in [-0.39, 0.29) is 29.5 Å². The molecule has 0 saturated heterocycles. The van der Waals surface area contributed by atoms with E-state index in [0.717, 1.165) is 0 Å². The third-order valence-electron chi connectivity index (χ3n) is 1.85. The van der Waals surface area contributed by atoms with Crippen molar-refractivity contribution in [2.24, 2.45) is 0 Å². The van der Waals surface area contributed by atoms with E-state index >= 15 is 0 Å². The first-order valence-electron chi connectivity index (χ1n) is 4.77. The summed E-state index contributed by atoms with van der Waals surface area (Å²) in [7, 11) is 0. The molecule has 2 N–H and O–H groups in total. The molecule has 0 radical (unpaired) electrons. The fraction of sp³-hybridized carbons (Fsp3) is 0.167. The van der Waals surface area contributed by atoms with Gasteiger partial charge in [0.2, 0.25) is 0 Å². The van der Waals surface area contributed by atoms with Crippen LogP contribution >= 0.6 is 0 Å². The molecule has 0 spiro atoms. The van der Waals surface area contributed by atoms with Gasteiger partial charge in [-0.25, -0.2) is 0 Å². The zero-order valence-electron chi connectivity index (χ0n) is 8.59. The second kappa shape index (κ2) is 5.70. The van der Waals surface area contributed by atoms with E-state index < -0.39 is 0 Å². The minimum absolute atomic E-state index is 0.0255. The molecule has 0 fully saturated rings. The summed E-state index contributed by atoms with van der Waals surface area (Å²) < 4.78 is 0. The topological polar surface area (TPSA) is 74.6 Å². The van der Waals surface area contributed by atoms with Crippen LogP contribution in [-0.4, -0.2) is 21.8 Å². The summed E-state index contributed by atoms with van der Waals surface area (Å²) >= 11 is 0. The molecule has 84 valence electrons. The summed E-state index contributed by atoms with van der Waals surface area (Å²) in [5.41, 5.74) is 0. The Labute approximate surface area is 92.8 Å².